The molecule has 2 atom stereocenters. The lowest BCUT2D eigenvalue weighted by atomic mass is 9.97. The maximum Gasteiger partial charge on any atom is 0.246 e. The summed E-state index contributed by atoms with van der Waals surface area (Å²) in [6, 6.07) is 1.81. The van der Waals surface area contributed by atoms with Gasteiger partial charge in [0.25, 0.3) is 0 Å². The molecule has 19 heavy (non-hydrogen) atoms. The van der Waals surface area contributed by atoms with Crippen molar-refractivity contribution in [1.82, 2.24) is 9.80 Å². The fraction of sp³-hybridized carbons (Fsp3) is 0.571. The predicted octanol–water partition coefficient (Wildman–Crippen LogP) is 2.03. The van der Waals surface area contributed by atoms with Crippen LogP contribution in [0.1, 0.15) is 37.8 Å². The first-order valence-corrected chi connectivity index (χ1v) is 7.75. The van der Waals surface area contributed by atoms with E-state index in [1.165, 1.54) is 0 Å². The predicted molar refractivity (Wildman–Crippen MR) is 73.8 cm³/mol. The summed E-state index contributed by atoms with van der Waals surface area (Å²) in [6.07, 6.45) is 2.88. The molecule has 2 saturated heterocycles. The first-order valence-electron chi connectivity index (χ1n) is 6.80. The number of thiophene rings is 1. The molecule has 0 saturated carbocycles. The van der Waals surface area contributed by atoms with Crippen LogP contribution in [0.15, 0.2) is 16.8 Å². The number of piperazine rings is 1. The van der Waals surface area contributed by atoms with Crippen LogP contribution >= 0.6 is 11.3 Å². The number of fused-ring (bicyclic) bond motifs is 1. The normalized spacial score (nSPS) is 25.4. The summed E-state index contributed by atoms with van der Waals surface area (Å²) >= 11 is 1.62. The molecular formula is C14H18N2O2S. The number of amides is 2. The first-order chi connectivity index (χ1) is 9.18. The fourth-order valence-corrected chi connectivity index (χ4v) is 3.76. The average Bonchev–Trinajstić information content (AvgIpc) is 2.96. The largest absolute Gasteiger partial charge is 0.329 e. The second-order valence-electron chi connectivity index (χ2n) is 5.30. The van der Waals surface area contributed by atoms with E-state index < -0.39 is 0 Å². The number of rotatable bonds is 2. The summed E-state index contributed by atoms with van der Waals surface area (Å²) in [5, 5.41) is 4.06. The molecule has 1 aromatic heterocycles. The maximum absolute atomic E-state index is 12.6. The Balaban J connectivity index is 1.83. The first kappa shape index (κ1) is 12.7. The lowest BCUT2D eigenvalue weighted by Gasteiger charge is -2.44. The average molecular weight is 278 g/mol. The Morgan fingerprint density at radius 2 is 2.21 bits per heavy atom. The van der Waals surface area contributed by atoms with Crippen LogP contribution in [0.5, 0.6) is 0 Å². The molecule has 2 aliphatic heterocycles. The van der Waals surface area contributed by atoms with E-state index in [1.807, 2.05) is 18.4 Å². The second kappa shape index (κ2) is 4.96. The lowest BCUT2D eigenvalue weighted by molar-refractivity contribution is -0.159. The Bertz CT molecular complexity index is 486. The number of hydrogen-bond acceptors (Lipinski definition) is 3. The van der Waals surface area contributed by atoms with Gasteiger partial charge in [-0.1, -0.05) is 0 Å². The van der Waals surface area contributed by atoms with Gasteiger partial charge in [-0.3, -0.25) is 9.59 Å². The molecule has 3 heterocycles. The van der Waals surface area contributed by atoms with Crippen molar-refractivity contribution in [2.75, 3.05) is 13.1 Å². The molecule has 5 heteroatoms. The minimum Gasteiger partial charge on any atom is -0.329 e. The van der Waals surface area contributed by atoms with Gasteiger partial charge in [-0.25, -0.2) is 0 Å². The van der Waals surface area contributed by atoms with E-state index >= 15 is 0 Å². The van der Waals surface area contributed by atoms with Crippen LogP contribution in [0.3, 0.4) is 0 Å². The van der Waals surface area contributed by atoms with Crippen LogP contribution < -0.4 is 0 Å². The van der Waals surface area contributed by atoms with E-state index in [1.54, 1.807) is 21.1 Å². The van der Waals surface area contributed by atoms with Crippen LogP contribution in [0.4, 0.5) is 0 Å². The third kappa shape index (κ3) is 2.16. The van der Waals surface area contributed by atoms with Gasteiger partial charge < -0.3 is 9.80 Å². The van der Waals surface area contributed by atoms with Gasteiger partial charge in [-0.15, -0.1) is 0 Å². The molecule has 1 aromatic rings. The maximum atomic E-state index is 12.6. The highest BCUT2D eigenvalue weighted by Gasteiger charge is 2.42. The highest BCUT2D eigenvalue weighted by Crippen LogP contribution is 2.29. The van der Waals surface area contributed by atoms with E-state index in [9.17, 15) is 9.59 Å². The van der Waals surface area contributed by atoms with E-state index in [4.69, 9.17) is 0 Å². The van der Waals surface area contributed by atoms with Crippen LogP contribution in [-0.2, 0) is 9.59 Å². The van der Waals surface area contributed by atoms with Gasteiger partial charge in [0.1, 0.15) is 12.6 Å². The zero-order valence-electron chi connectivity index (χ0n) is 11.0. The standard InChI is InChI=1S/C14H18N2O2S/c1-10(11-5-7-19-9-11)16-8-13(17)15-6-3-2-4-12(15)14(16)18/h5,7,9-10,12H,2-4,6,8H2,1H3. The van der Waals surface area contributed by atoms with Crippen molar-refractivity contribution in [3.8, 4) is 0 Å². The highest BCUT2D eigenvalue weighted by atomic mass is 32.1. The molecule has 0 N–H and O–H groups in total. The molecule has 0 aliphatic carbocycles. The van der Waals surface area contributed by atoms with Gasteiger partial charge in [0.05, 0.1) is 6.04 Å². The molecule has 0 bridgehead atoms. The molecule has 0 spiro atoms. The molecule has 102 valence electrons. The minimum atomic E-state index is -0.212. The summed E-state index contributed by atoms with van der Waals surface area (Å²) in [6.45, 7) is 2.98. The van der Waals surface area contributed by atoms with Crippen LogP contribution in [0.25, 0.3) is 0 Å². The molecule has 3 rings (SSSR count). The Kier molecular flexibility index (Phi) is 3.31. The zero-order chi connectivity index (χ0) is 13.4. The van der Waals surface area contributed by atoms with Crippen molar-refractivity contribution in [2.45, 2.75) is 38.3 Å². The lowest BCUT2D eigenvalue weighted by Crippen LogP contribution is -2.61. The minimum absolute atomic E-state index is 0.00761. The topological polar surface area (TPSA) is 40.6 Å². The van der Waals surface area contributed by atoms with Crippen molar-refractivity contribution in [3.05, 3.63) is 22.4 Å². The fourth-order valence-electron chi connectivity index (χ4n) is 3.01. The van der Waals surface area contributed by atoms with E-state index in [-0.39, 0.29) is 30.4 Å². The summed E-state index contributed by atoms with van der Waals surface area (Å²) in [5.41, 5.74) is 1.12. The number of piperidine rings is 1. The van der Waals surface area contributed by atoms with Gasteiger partial charge in [0, 0.05) is 6.54 Å². The molecule has 2 fully saturated rings. The second-order valence-corrected chi connectivity index (χ2v) is 6.08. The summed E-state index contributed by atoms with van der Waals surface area (Å²) in [7, 11) is 0. The number of carbonyl (C=O) groups excluding carboxylic acids is 2. The third-order valence-electron chi connectivity index (χ3n) is 4.19. The van der Waals surface area contributed by atoms with Gasteiger partial charge >= 0.3 is 0 Å². The highest BCUT2D eigenvalue weighted by molar-refractivity contribution is 7.07. The van der Waals surface area contributed by atoms with Crippen molar-refractivity contribution in [1.29, 1.82) is 0 Å². The smallest absolute Gasteiger partial charge is 0.246 e. The Morgan fingerprint density at radius 3 is 2.95 bits per heavy atom. The molecule has 4 nitrogen and oxygen atoms in total. The van der Waals surface area contributed by atoms with E-state index in [0.717, 1.165) is 31.4 Å². The van der Waals surface area contributed by atoms with Gasteiger partial charge in [-0.2, -0.15) is 11.3 Å². The monoisotopic (exact) mass is 278 g/mol. The summed E-state index contributed by atoms with van der Waals surface area (Å²) < 4.78 is 0. The molecular weight excluding hydrogens is 260 g/mol. The SMILES string of the molecule is CC(c1ccsc1)N1CC(=O)N2CCCCC2C1=O. The van der Waals surface area contributed by atoms with Gasteiger partial charge in [0.2, 0.25) is 11.8 Å². The number of nitrogens with zero attached hydrogens (tertiary/aromatic N) is 2. The molecule has 2 unspecified atom stereocenters. The quantitative estimate of drug-likeness (QED) is 0.830. The molecule has 0 radical (unpaired) electrons. The Labute approximate surface area is 117 Å². The number of carbonyl (C=O) groups is 2. The summed E-state index contributed by atoms with van der Waals surface area (Å²) in [5.74, 6) is 0.226. The van der Waals surface area contributed by atoms with E-state index in [0.29, 0.717) is 0 Å². The van der Waals surface area contributed by atoms with Crippen molar-refractivity contribution in [2.24, 2.45) is 0 Å². The Morgan fingerprint density at radius 1 is 1.37 bits per heavy atom. The van der Waals surface area contributed by atoms with E-state index in [2.05, 4.69) is 5.38 Å². The number of hydrogen-bond donors (Lipinski definition) is 0. The molecule has 2 aliphatic rings. The van der Waals surface area contributed by atoms with Crippen molar-refractivity contribution < 1.29 is 9.59 Å². The van der Waals surface area contributed by atoms with Gasteiger partial charge in [0.15, 0.2) is 0 Å². The van der Waals surface area contributed by atoms with Gasteiger partial charge in [-0.05, 0) is 48.6 Å². The van der Waals surface area contributed by atoms with Crippen molar-refractivity contribution in [3.63, 3.8) is 0 Å². The third-order valence-corrected chi connectivity index (χ3v) is 4.89. The Hall–Kier alpha value is -1.36. The zero-order valence-corrected chi connectivity index (χ0v) is 11.9. The van der Waals surface area contributed by atoms with Crippen LogP contribution in [0.2, 0.25) is 0 Å². The van der Waals surface area contributed by atoms with Crippen LogP contribution in [-0.4, -0.2) is 40.7 Å². The summed E-state index contributed by atoms with van der Waals surface area (Å²) in [4.78, 5) is 28.3. The molecule has 0 aromatic carbocycles. The van der Waals surface area contributed by atoms with Crippen molar-refractivity contribution >= 4 is 23.2 Å². The molecule has 2 amide bonds. The van der Waals surface area contributed by atoms with Crippen LogP contribution in [0, 0.1) is 0 Å².